The molecule has 15 heavy (non-hydrogen) atoms. The van der Waals surface area contributed by atoms with E-state index in [-0.39, 0.29) is 5.54 Å². The monoisotopic (exact) mass is 211 g/mol. The van der Waals surface area contributed by atoms with E-state index < -0.39 is 0 Å². The van der Waals surface area contributed by atoms with E-state index in [0.717, 1.165) is 32.3 Å². The molecule has 0 saturated heterocycles. The summed E-state index contributed by atoms with van der Waals surface area (Å²) in [4.78, 5) is 4.25. The van der Waals surface area contributed by atoms with Crippen molar-refractivity contribution in [3.63, 3.8) is 0 Å². The molecule has 1 aromatic rings. The maximum absolute atomic E-state index is 6.06. The molecule has 2 N–H and O–H groups in total. The van der Waals surface area contributed by atoms with Crippen molar-refractivity contribution in [3.8, 4) is 0 Å². The zero-order valence-corrected chi connectivity index (χ0v) is 9.03. The summed E-state index contributed by atoms with van der Waals surface area (Å²) in [6, 6.07) is 0. The predicted octanol–water partition coefficient (Wildman–Crippen LogP) is 1.33. The van der Waals surface area contributed by atoms with Gasteiger partial charge in [0.2, 0.25) is 5.89 Å². The van der Waals surface area contributed by atoms with Gasteiger partial charge in [-0.15, -0.1) is 0 Å². The SMILES string of the molecule is CCCOCc1noc(C2(N)CCC2)n1. The molecule has 0 radical (unpaired) electrons. The van der Waals surface area contributed by atoms with Gasteiger partial charge in [-0.2, -0.15) is 4.98 Å². The van der Waals surface area contributed by atoms with E-state index >= 15 is 0 Å². The van der Waals surface area contributed by atoms with Gasteiger partial charge in [0.05, 0.1) is 5.54 Å². The summed E-state index contributed by atoms with van der Waals surface area (Å²) in [5, 5.41) is 3.85. The summed E-state index contributed by atoms with van der Waals surface area (Å²) in [5.74, 6) is 1.15. The molecule has 0 aromatic carbocycles. The zero-order valence-electron chi connectivity index (χ0n) is 9.03. The van der Waals surface area contributed by atoms with Crippen LogP contribution in [0.4, 0.5) is 0 Å². The Bertz CT molecular complexity index is 320. The summed E-state index contributed by atoms with van der Waals surface area (Å²) in [7, 11) is 0. The van der Waals surface area contributed by atoms with Gasteiger partial charge in [0.15, 0.2) is 5.82 Å². The molecule has 5 nitrogen and oxygen atoms in total. The first-order valence-corrected chi connectivity index (χ1v) is 5.44. The third kappa shape index (κ3) is 2.18. The number of ether oxygens (including phenoxy) is 1. The van der Waals surface area contributed by atoms with Crippen LogP contribution < -0.4 is 5.73 Å². The summed E-state index contributed by atoms with van der Waals surface area (Å²) >= 11 is 0. The number of hydrogen-bond donors (Lipinski definition) is 1. The Kier molecular flexibility index (Phi) is 3.02. The van der Waals surface area contributed by atoms with E-state index in [1.807, 2.05) is 0 Å². The van der Waals surface area contributed by atoms with Crippen LogP contribution in [0, 0.1) is 0 Å². The summed E-state index contributed by atoms with van der Waals surface area (Å²) in [6.45, 7) is 3.19. The molecule has 1 aliphatic rings. The molecular weight excluding hydrogens is 194 g/mol. The van der Waals surface area contributed by atoms with Gasteiger partial charge in [0.25, 0.3) is 0 Å². The van der Waals surface area contributed by atoms with Crippen LogP contribution in [-0.2, 0) is 16.9 Å². The second-order valence-electron chi connectivity index (χ2n) is 4.08. The van der Waals surface area contributed by atoms with Crippen molar-refractivity contribution in [1.82, 2.24) is 10.1 Å². The van der Waals surface area contributed by atoms with Crippen LogP contribution in [0.5, 0.6) is 0 Å². The number of aromatic nitrogens is 2. The Morgan fingerprint density at radius 3 is 2.93 bits per heavy atom. The lowest BCUT2D eigenvalue weighted by Crippen LogP contribution is -2.43. The Balaban J connectivity index is 1.92. The first-order chi connectivity index (χ1) is 7.24. The molecule has 1 aliphatic carbocycles. The van der Waals surface area contributed by atoms with Crippen molar-refractivity contribution >= 4 is 0 Å². The lowest BCUT2D eigenvalue weighted by atomic mass is 9.78. The van der Waals surface area contributed by atoms with Crippen LogP contribution in [0.25, 0.3) is 0 Å². The molecule has 2 rings (SSSR count). The molecule has 0 bridgehead atoms. The third-order valence-corrected chi connectivity index (χ3v) is 2.72. The molecule has 1 heterocycles. The Labute approximate surface area is 89.0 Å². The van der Waals surface area contributed by atoms with Gasteiger partial charge < -0.3 is 15.0 Å². The lowest BCUT2D eigenvalue weighted by Gasteiger charge is -2.33. The number of hydrogen-bond acceptors (Lipinski definition) is 5. The molecule has 5 heteroatoms. The van der Waals surface area contributed by atoms with Crippen LogP contribution in [0.1, 0.15) is 44.3 Å². The highest BCUT2D eigenvalue weighted by molar-refractivity contribution is 5.06. The van der Waals surface area contributed by atoms with Gasteiger partial charge >= 0.3 is 0 Å². The average Bonchev–Trinajstić information content (AvgIpc) is 2.64. The number of nitrogens with zero attached hydrogens (tertiary/aromatic N) is 2. The van der Waals surface area contributed by atoms with Crippen molar-refractivity contribution < 1.29 is 9.26 Å². The predicted molar refractivity (Wildman–Crippen MR) is 54.0 cm³/mol. The minimum atomic E-state index is -0.365. The standard InChI is InChI=1S/C10H17N3O2/c1-2-6-14-7-8-12-9(15-13-8)10(11)4-3-5-10/h2-7,11H2,1H3. The molecule has 1 aromatic heterocycles. The van der Waals surface area contributed by atoms with Gasteiger partial charge in [-0.25, -0.2) is 0 Å². The molecular formula is C10H17N3O2. The fraction of sp³-hybridized carbons (Fsp3) is 0.800. The van der Waals surface area contributed by atoms with Gasteiger partial charge in [0.1, 0.15) is 6.61 Å². The Morgan fingerprint density at radius 2 is 2.33 bits per heavy atom. The molecule has 0 unspecified atom stereocenters. The van der Waals surface area contributed by atoms with E-state index in [4.69, 9.17) is 15.0 Å². The van der Waals surface area contributed by atoms with Gasteiger partial charge in [-0.05, 0) is 25.7 Å². The summed E-state index contributed by atoms with van der Waals surface area (Å²) in [6.07, 6.45) is 4.00. The minimum absolute atomic E-state index is 0.365. The normalized spacial score (nSPS) is 18.8. The van der Waals surface area contributed by atoms with Crippen LogP contribution >= 0.6 is 0 Å². The van der Waals surface area contributed by atoms with Crippen molar-refractivity contribution in [3.05, 3.63) is 11.7 Å². The van der Waals surface area contributed by atoms with Crippen molar-refractivity contribution in [2.24, 2.45) is 5.73 Å². The first-order valence-electron chi connectivity index (χ1n) is 5.44. The van der Waals surface area contributed by atoms with Crippen LogP contribution in [-0.4, -0.2) is 16.7 Å². The zero-order chi connectivity index (χ0) is 10.7. The van der Waals surface area contributed by atoms with Crippen LogP contribution in [0.15, 0.2) is 4.52 Å². The quantitative estimate of drug-likeness (QED) is 0.744. The maximum Gasteiger partial charge on any atom is 0.246 e. The second kappa shape index (κ2) is 4.28. The highest BCUT2D eigenvalue weighted by Crippen LogP contribution is 2.37. The minimum Gasteiger partial charge on any atom is -0.373 e. The molecule has 0 amide bonds. The average molecular weight is 211 g/mol. The molecule has 0 atom stereocenters. The van der Waals surface area contributed by atoms with E-state index in [9.17, 15) is 0 Å². The van der Waals surface area contributed by atoms with Gasteiger partial charge in [-0.3, -0.25) is 0 Å². The smallest absolute Gasteiger partial charge is 0.246 e. The van der Waals surface area contributed by atoms with E-state index in [2.05, 4.69) is 17.1 Å². The Morgan fingerprint density at radius 1 is 1.53 bits per heavy atom. The maximum atomic E-state index is 6.06. The fourth-order valence-corrected chi connectivity index (χ4v) is 1.59. The third-order valence-electron chi connectivity index (χ3n) is 2.72. The fourth-order valence-electron chi connectivity index (χ4n) is 1.59. The molecule has 1 fully saturated rings. The number of rotatable bonds is 5. The highest BCUT2D eigenvalue weighted by Gasteiger charge is 2.39. The molecule has 0 aliphatic heterocycles. The molecule has 0 spiro atoms. The van der Waals surface area contributed by atoms with Gasteiger partial charge in [-0.1, -0.05) is 12.1 Å². The van der Waals surface area contributed by atoms with Crippen LogP contribution in [0.3, 0.4) is 0 Å². The lowest BCUT2D eigenvalue weighted by molar-refractivity contribution is 0.114. The Hall–Kier alpha value is -0.940. The van der Waals surface area contributed by atoms with E-state index in [1.165, 1.54) is 0 Å². The topological polar surface area (TPSA) is 74.2 Å². The van der Waals surface area contributed by atoms with Crippen LogP contribution in [0.2, 0.25) is 0 Å². The first kappa shape index (κ1) is 10.6. The highest BCUT2D eigenvalue weighted by atomic mass is 16.5. The second-order valence-corrected chi connectivity index (χ2v) is 4.08. The molecule has 84 valence electrons. The summed E-state index contributed by atoms with van der Waals surface area (Å²) < 4.78 is 10.5. The van der Waals surface area contributed by atoms with Crippen molar-refractivity contribution in [1.29, 1.82) is 0 Å². The summed E-state index contributed by atoms with van der Waals surface area (Å²) in [5.41, 5.74) is 5.69. The van der Waals surface area contributed by atoms with E-state index in [0.29, 0.717) is 18.3 Å². The van der Waals surface area contributed by atoms with Crippen molar-refractivity contribution in [2.45, 2.75) is 44.8 Å². The van der Waals surface area contributed by atoms with Crippen molar-refractivity contribution in [2.75, 3.05) is 6.61 Å². The van der Waals surface area contributed by atoms with Gasteiger partial charge in [0, 0.05) is 6.61 Å². The largest absolute Gasteiger partial charge is 0.373 e. The van der Waals surface area contributed by atoms with E-state index in [1.54, 1.807) is 0 Å². The number of nitrogens with two attached hydrogens (primary N) is 1. The molecule has 1 saturated carbocycles.